The number of ketones is 1. The molecule has 2 N–H and O–H groups in total. The van der Waals surface area contributed by atoms with Gasteiger partial charge in [-0.3, -0.25) is 4.79 Å². The molecule has 1 aromatic carbocycles. The molecule has 0 saturated heterocycles. The lowest BCUT2D eigenvalue weighted by atomic mass is 9.97. The minimum absolute atomic E-state index is 0.274. The fraction of sp³-hybridized carbons (Fsp3) is 0.200. The lowest BCUT2D eigenvalue weighted by Gasteiger charge is -2.13. The van der Waals surface area contributed by atoms with E-state index >= 15 is 0 Å². The van der Waals surface area contributed by atoms with E-state index in [1.807, 2.05) is 0 Å². The topological polar surface area (TPSA) is 66.9 Å². The van der Waals surface area contributed by atoms with E-state index in [-0.39, 0.29) is 5.56 Å². The van der Waals surface area contributed by atoms with Crippen LogP contribution in [0.3, 0.4) is 0 Å². The number of nitriles is 1. The third kappa shape index (κ3) is 1.98. The predicted molar refractivity (Wildman–Crippen MR) is 50.6 cm³/mol. The first kappa shape index (κ1) is 12.0. The second-order valence-electron chi connectivity index (χ2n) is 3.12. The summed E-state index contributed by atoms with van der Waals surface area (Å²) in [7, 11) is 0. The zero-order chi connectivity index (χ0) is 12.5. The van der Waals surface area contributed by atoms with Crippen LogP contribution >= 0.6 is 0 Å². The van der Waals surface area contributed by atoms with E-state index in [0.717, 1.165) is 19.1 Å². The number of anilines is 1. The molecule has 0 aliphatic rings. The van der Waals surface area contributed by atoms with Gasteiger partial charge in [-0.15, -0.1) is 0 Å². The molecular formula is C10H7F3N2O. The minimum Gasteiger partial charge on any atom is -0.398 e. The highest BCUT2D eigenvalue weighted by molar-refractivity contribution is 5.97. The molecular weight excluding hydrogens is 221 g/mol. The molecule has 0 spiro atoms. The summed E-state index contributed by atoms with van der Waals surface area (Å²) < 4.78 is 37.8. The number of alkyl halides is 3. The van der Waals surface area contributed by atoms with E-state index in [4.69, 9.17) is 11.0 Å². The Labute approximate surface area is 89.3 Å². The van der Waals surface area contributed by atoms with Crippen LogP contribution in [0.5, 0.6) is 0 Å². The second kappa shape index (κ2) is 3.85. The molecule has 0 atom stereocenters. The molecule has 0 aromatic heterocycles. The summed E-state index contributed by atoms with van der Waals surface area (Å²) in [5.74, 6) is -0.609. The Kier molecular flexibility index (Phi) is 2.90. The Bertz CT molecular complexity index is 486. The lowest BCUT2D eigenvalue weighted by Crippen LogP contribution is -2.14. The van der Waals surface area contributed by atoms with Crippen LogP contribution in [0.25, 0.3) is 0 Å². The molecule has 6 heteroatoms. The fourth-order valence-corrected chi connectivity index (χ4v) is 1.33. The molecule has 1 rings (SSSR count). The zero-order valence-electron chi connectivity index (χ0n) is 8.22. The van der Waals surface area contributed by atoms with Gasteiger partial charge in [-0.1, -0.05) is 0 Å². The summed E-state index contributed by atoms with van der Waals surface area (Å²) in [6.45, 7) is 1.09. The van der Waals surface area contributed by atoms with Gasteiger partial charge in [0.2, 0.25) is 0 Å². The first-order valence-electron chi connectivity index (χ1n) is 4.19. The first-order chi connectivity index (χ1) is 7.29. The van der Waals surface area contributed by atoms with Crippen molar-refractivity contribution in [1.29, 1.82) is 5.26 Å². The van der Waals surface area contributed by atoms with E-state index in [0.29, 0.717) is 0 Å². The Balaban J connectivity index is 3.66. The maximum absolute atomic E-state index is 12.6. The number of nitrogen functional groups attached to an aromatic ring is 1. The monoisotopic (exact) mass is 228 g/mol. The summed E-state index contributed by atoms with van der Waals surface area (Å²) in [6, 6.07) is 3.46. The Morgan fingerprint density at radius 1 is 1.44 bits per heavy atom. The highest BCUT2D eigenvalue weighted by Gasteiger charge is 2.37. The third-order valence-electron chi connectivity index (χ3n) is 2.01. The number of carbonyl (C=O) groups is 1. The van der Waals surface area contributed by atoms with Crippen LogP contribution in [-0.2, 0) is 6.18 Å². The van der Waals surface area contributed by atoms with Gasteiger partial charge in [0.1, 0.15) is 6.07 Å². The van der Waals surface area contributed by atoms with Crippen molar-refractivity contribution in [3.63, 3.8) is 0 Å². The van der Waals surface area contributed by atoms with Gasteiger partial charge >= 0.3 is 6.18 Å². The first-order valence-corrected chi connectivity index (χ1v) is 4.19. The Morgan fingerprint density at radius 3 is 2.38 bits per heavy atom. The number of carbonyl (C=O) groups excluding carboxylic acids is 1. The average Bonchev–Trinajstić information content (AvgIpc) is 2.14. The van der Waals surface area contributed by atoms with Crippen LogP contribution < -0.4 is 5.73 Å². The number of nitrogens with two attached hydrogens (primary N) is 1. The van der Waals surface area contributed by atoms with Crippen LogP contribution in [-0.4, -0.2) is 5.78 Å². The minimum atomic E-state index is -4.75. The van der Waals surface area contributed by atoms with Gasteiger partial charge in [-0.2, -0.15) is 18.4 Å². The van der Waals surface area contributed by atoms with Crippen molar-refractivity contribution in [2.24, 2.45) is 0 Å². The van der Waals surface area contributed by atoms with Crippen LogP contribution in [0.1, 0.15) is 28.4 Å². The van der Waals surface area contributed by atoms with Crippen molar-refractivity contribution in [1.82, 2.24) is 0 Å². The normalized spacial score (nSPS) is 10.9. The number of nitrogens with zero attached hydrogens (tertiary/aromatic N) is 1. The van der Waals surface area contributed by atoms with Gasteiger partial charge in [0, 0.05) is 11.3 Å². The second-order valence-corrected chi connectivity index (χ2v) is 3.12. The molecule has 1 aromatic rings. The van der Waals surface area contributed by atoms with Crippen molar-refractivity contribution in [2.75, 3.05) is 5.73 Å². The van der Waals surface area contributed by atoms with Crippen LogP contribution in [0, 0.1) is 11.3 Å². The van der Waals surface area contributed by atoms with Crippen molar-refractivity contribution in [3.05, 3.63) is 28.8 Å². The molecule has 0 heterocycles. The van der Waals surface area contributed by atoms with Crippen molar-refractivity contribution in [3.8, 4) is 6.07 Å². The van der Waals surface area contributed by atoms with E-state index in [1.54, 1.807) is 0 Å². The van der Waals surface area contributed by atoms with Gasteiger partial charge in [0.05, 0.1) is 11.1 Å². The molecule has 0 amide bonds. The Hall–Kier alpha value is -2.03. The van der Waals surface area contributed by atoms with E-state index < -0.39 is 28.8 Å². The summed E-state index contributed by atoms with van der Waals surface area (Å²) >= 11 is 0. The van der Waals surface area contributed by atoms with Crippen molar-refractivity contribution in [2.45, 2.75) is 13.1 Å². The van der Waals surface area contributed by atoms with Gasteiger partial charge in [-0.05, 0) is 19.1 Å². The standard InChI is InChI=1S/C10H7F3N2O/c1-5(16)6-2-3-8(15)9(7(6)4-14)10(11,12)13/h2-3H,15H2,1H3. The molecule has 0 radical (unpaired) electrons. The molecule has 3 nitrogen and oxygen atoms in total. The average molecular weight is 228 g/mol. The molecule has 0 aliphatic heterocycles. The summed E-state index contributed by atoms with van der Waals surface area (Å²) in [5, 5.41) is 8.68. The largest absolute Gasteiger partial charge is 0.419 e. The molecule has 0 bridgehead atoms. The SMILES string of the molecule is CC(=O)c1ccc(N)c(C(F)(F)F)c1C#N. The predicted octanol–water partition coefficient (Wildman–Crippen LogP) is 2.36. The third-order valence-corrected chi connectivity index (χ3v) is 2.01. The smallest absolute Gasteiger partial charge is 0.398 e. The van der Waals surface area contributed by atoms with E-state index in [9.17, 15) is 18.0 Å². The van der Waals surface area contributed by atoms with Gasteiger partial charge < -0.3 is 5.73 Å². The molecule has 0 fully saturated rings. The Morgan fingerprint density at radius 2 is 2.00 bits per heavy atom. The maximum atomic E-state index is 12.6. The van der Waals surface area contributed by atoms with Crippen LogP contribution in [0.15, 0.2) is 12.1 Å². The highest BCUT2D eigenvalue weighted by atomic mass is 19.4. The maximum Gasteiger partial charge on any atom is 0.419 e. The van der Waals surface area contributed by atoms with Crippen LogP contribution in [0.4, 0.5) is 18.9 Å². The van der Waals surface area contributed by atoms with Gasteiger partial charge in [0.15, 0.2) is 5.78 Å². The number of hydrogen-bond donors (Lipinski definition) is 1. The van der Waals surface area contributed by atoms with Crippen molar-refractivity contribution >= 4 is 11.5 Å². The molecule has 16 heavy (non-hydrogen) atoms. The highest BCUT2D eigenvalue weighted by Crippen LogP contribution is 2.37. The van der Waals surface area contributed by atoms with Gasteiger partial charge in [-0.25, -0.2) is 0 Å². The molecule has 84 valence electrons. The molecule has 0 aliphatic carbocycles. The van der Waals surface area contributed by atoms with E-state index in [1.165, 1.54) is 6.07 Å². The number of hydrogen-bond acceptors (Lipinski definition) is 3. The van der Waals surface area contributed by atoms with E-state index in [2.05, 4.69) is 0 Å². The summed E-state index contributed by atoms with van der Waals surface area (Å²) in [4.78, 5) is 11.1. The zero-order valence-corrected chi connectivity index (χ0v) is 8.22. The summed E-state index contributed by atoms with van der Waals surface area (Å²) in [6.07, 6.45) is -4.75. The van der Waals surface area contributed by atoms with Crippen molar-refractivity contribution < 1.29 is 18.0 Å². The quantitative estimate of drug-likeness (QED) is 0.592. The number of Topliss-reactive ketones (excluding diaryl/α,β-unsaturated/α-hetero) is 1. The summed E-state index contributed by atoms with van der Waals surface area (Å²) in [5.41, 5.74) is 2.36. The number of benzene rings is 1. The fourth-order valence-electron chi connectivity index (χ4n) is 1.33. The van der Waals surface area contributed by atoms with Gasteiger partial charge in [0.25, 0.3) is 0 Å². The molecule has 0 unspecified atom stereocenters. The van der Waals surface area contributed by atoms with Crippen LogP contribution in [0.2, 0.25) is 0 Å². The molecule has 0 saturated carbocycles. The lowest BCUT2D eigenvalue weighted by molar-refractivity contribution is -0.137. The number of rotatable bonds is 1. The number of halogens is 3.